The first-order valence-electron chi connectivity index (χ1n) is 9.65. The van der Waals surface area contributed by atoms with Crippen LogP contribution in [0.5, 0.6) is 0 Å². The number of rotatable bonds is 5. The first-order chi connectivity index (χ1) is 13.8. The Kier molecular flexibility index (Phi) is 7.39. The highest BCUT2D eigenvalue weighted by molar-refractivity contribution is 5.92. The summed E-state index contributed by atoms with van der Waals surface area (Å²) in [6, 6.07) is 0. The van der Waals surface area contributed by atoms with Crippen molar-refractivity contribution in [2.45, 2.75) is 70.4 Å². The van der Waals surface area contributed by atoms with E-state index in [9.17, 15) is 35.1 Å². The van der Waals surface area contributed by atoms with Crippen molar-refractivity contribution in [3.05, 3.63) is 35.5 Å². The molecule has 6 atom stereocenters. The van der Waals surface area contributed by atoms with Gasteiger partial charge in [0.1, 0.15) is 30.0 Å². The SMILES string of the molecule is CC1=CC(=O)CC(C)(C)[C@@]1(O)C=C/C(C)=C\C(=O)O[C@@H]1O[C@H](CO)[C@@H](O)[C@H](O)[C@H]1O. The van der Waals surface area contributed by atoms with Crippen molar-refractivity contribution in [3.8, 4) is 0 Å². The highest BCUT2D eigenvalue weighted by Gasteiger charge is 2.47. The molecule has 1 aliphatic heterocycles. The predicted octanol–water partition coefficient (Wildman–Crippen LogP) is -0.492. The summed E-state index contributed by atoms with van der Waals surface area (Å²) in [6.45, 7) is 6.17. The fourth-order valence-corrected chi connectivity index (χ4v) is 3.66. The zero-order chi connectivity index (χ0) is 22.9. The molecule has 9 nitrogen and oxygen atoms in total. The van der Waals surface area contributed by atoms with Gasteiger partial charge in [0.2, 0.25) is 6.29 Å². The van der Waals surface area contributed by atoms with Crippen molar-refractivity contribution in [1.29, 1.82) is 0 Å². The number of aliphatic hydroxyl groups excluding tert-OH is 4. The number of esters is 1. The van der Waals surface area contributed by atoms with E-state index in [2.05, 4.69) is 0 Å². The molecule has 0 aromatic heterocycles. The number of allylic oxidation sites excluding steroid dienone is 3. The van der Waals surface area contributed by atoms with Gasteiger partial charge >= 0.3 is 5.97 Å². The number of carbonyl (C=O) groups excluding carboxylic acids is 2. The van der Waals surface area contributed by atoms with Crippen molar-refractivity contribution < 1.29 is 44.6 Å². The normalized spacial score (nSPS) is 37.2. The molecule has 0 saturated carbocycles. The lowest BCUT2D eigenvalue weighted by Crippen LogP contribution is -2.59. The number of hydrogen-bond acceptors (Lipinski definition) is 9. The molecule has 0 amide bonds. The summed E-state index contributed by atoms with van der Waals surface area (Å²) < 4.78 is 10.1. The molecule has 1 saturated heterocycles. The van der Waals surface area contributed by atoms with Crippen molar-refractivity contribution in [2.24, 2.45) is 5.41 Å². The molecule has 0 aromatic rings. The van der Waals surface area contributed by atoms with Crippen molar-refractivity contribution in [1.82, 2.24) is 0 Å². The standard InChI is InChI=1S/C21H30O9/c1-11(5-6-21(28)12(2)8-13(23)9-20(21,3)4)7-15(24)30-19-18(27)17(26)16(25)14(10-22)29-19/h5-8,14,16-19,22,25-28H,9-10H2,1-4H3/b6-5?,11-7-/t14-,16-,17+,18-,19+,21-/m1/s1. The molecule has 1 fully saturated rings. The van der Waals surface area contributed by atoms with Crippen LogP contribution in [0.3, 0.4) is 0 Å². The second kappa shape index (κ2) is 9.09. The van der Waals surface area contributed by atoms with Gasteiger partial charge in [-0.05, 0) is 37.1 Å². The Bertz CT molecular complexity index is 764. The van der Waals surface area contributed by atoms with Crippen molar-refractivity contribution in [2.75, 3.05) is 6.61 Å². The minimum absolute atomic E-state index is 0.0639. The second-order valence-corrected chi connectivity index (χ2v) is 8.48. The predicted molar refractivity (Wildman–Crippen MR) is 105 cm³/mol. The fraction of sp³-hybridized carbons (Fsp3) is 0.619. The average Bonchev–Trinajstić information content (AvgIpc) is 2.64. The van der Waals surface area contributed by atoms with Crippen molar-refractivity contribution in [3.63, 3.8) is 0 Å². The largest absolute Gasteiger partial charge is 0.430 e. The highest BCUT2D eigenvalue weighted by Crippen LogP contribution is 2.44. The quantitative estimate of drug-likeness (QED) is 0.222. The van der Waals surface area contributed by atoms with Gasteiger partial charge in [0.15, 0.2) is 5.78 Å². The number of aliphatic hydroxyl groups is 5. The van der Waals surface area contributed by atoms with Gasteiger partial charge in [-0.2, -0.15) is 0 Å². The molecule has 2 aliphatic rings. The maximum absolute atomic E-state index is 12.2. The smallest absolute Gasteiger partial charge is 0.333 e. The van der Waals surface area contributed by atoms with E-state index in [-0.39, 0.29) is 12.2 Å². The molecule has 9 heteroatoms. The molecule has 1 aliphatic carbocycles. The Morgan fingerprint density at radius 2 is 1.90 bits per heavy atom. The summed E-state index contributed by atoms with van der Waals surface area (Å²) in [4.78, 5) is 24.0. The molecule has 0 unspecified atom stereocenters. The Morgan fingerprint density at radius 3 is 2.47 bits per heavy atom. The van der Waals surface area contributed by atoms with Gasteiger partial charge in [0.25, 0.3) is 0 Å². The molecular weight excluding hydrogens is 396 g/mol. The molecule has 0 bridgehead atoms. The lowest BCUT2D eigenvalue weighted by molar-refractivity contribution is -0.291. The first-order valence-corrected chi connectivity index (χ1v) is 9.65. The van der Waals surface area contributed by atoms with Crippen molar-refractivity contribution >= 4 is 11.8 Å². The van der Waals surface area contributed by atoms with E-state index < -0.39 is 54.3 Å². The fourth-order valence-electron chi connectivity index (χ4n) is 3.66. The Morgan fingerprint density at radius 1 is 1.27 bits per heavy atom. The third kappa shape index (κ3) is 4.88. The monoisotopic (exact) mass is 426 g/mol. The molecule has 5 N–H and O–H groups in total. The maximum atomic E-state index is 12.2. The van der Waals surface area contributed by atoms with Crippen LogP contribution in [0.4, 0.5) is 0 Å². The molecule has 168 valence electrons. The van der Waals surface area contributed by atoms with Crippen LogP contribution in [-0.2, 0) is 19.1 Å². The van der Waals surface area contributed by atoms with E-state index >= 15 is 0 Å². The average molecular weight is 426 g/mol. The molecule has 2 rings (SSSR count). The summed E-state index contributed by atoms with van der Waals surface area (Å²) in [5.41, 5.74) is -1.21. The first kappa shape index (κ1) is 24.4. The summed E-state index contributed by atoms with van der Waals surface area (Å²) >= 11 is 0. The number of hydrogen-bond donors (Lipinski definition) is 5. The van der Waals surface area contributed by atoms with Gasteiger partial charge in [-0.15, -0.1) is 0 Å². The Balaban J connectivity index is 2.11. The summed E-state index contributed by atoms with van der Waals surface area (Å²) in [5, 5.41) is 49.7. The molecule has 30 heavy (non-hydrogen) atoms. The minimum Gasteiger partial charge on any atom is -0.430 e. The van der Waals surface area contributed by atoms with Crippen LogP contribution in [0.2, 0.25) is 0 Å². The van der Waals surface area contributed by atoms with Gasteiger partial charge in [-0.3, -0.25) is 4.79 Å². The van der Waals surface area contributed by atoms with Crippen LogP contribution in [0.25, 0.3) is 0 Å². The summed E-state index contributed by atoms with van der Waals surface area (Å²) in [5.74, 6) is -0.954. The van der Waals surface area contributed by atoms with Gasteiger partial charge < -0.3 is 35.0 Å². The molecular formula is C21H30O9. The van der Waals surface area contributed by atoms with Gasteiger partial charge in [-0.1, -0.05) is 19.9 Å². The van der Waals surface area contributed by atoms with E-state index in [1.54, 1.807) is 27.7 Å². The van der Waals surface area contributed by atoms with Crippen LogP contribution >= 0.6 is 0 Å². The number of ketones is 1. The number of ether oxygens (including phenoxy) is 2. The maximum Gasteiger partial charge on any atom is 0.333 e. The third-order valence-electron chi connectivity index (χ3n) is 5.64. The summed E-state index contributed by atoms with van der Waals surface area (Å²) in [7, 11) is 0. The second-order valence-electron chi connectivity index (χ2n) is 8.48. The van der Waals surface area contributed by atoms with Gasteiger partial charge in [0.05, 0.1) is 6.61 Å². The van der Waals surface area contributed by atoms with Crippen LogP contribution < -0.4 is 0 Å². The van der Waals surface area contributed by atoms with Crippen LogP contribution in [-0.4, -0.2) is 80.2 Å². The van der Waals surface area contributed by atoms with E-state index in [0.717, 1.165) is 6.08 Å². The molecule has 0 radical (unpaired) electrons. The van der Waals surface area contributed by atoms with Gasteiger partial charge in [0, 0.05) is 17.9 Å². The van der Waals surface area contributed by atoms with Crippen LogP contribution in [0.15, 0.2) is 35.5 Å². The minimum atomic E-state index is -1.69. The molecule has 1 heterocycles. The zero-order valence-electron chi connectivity index (χ0n) is 17.5. The zero-order valence-corrected chi connectivity index (χ0v) is 17.5. The van der Waals surface area contributed by atoms with E-state index in [4.69, 9.17) is 9.47 Å². The van der Waals surface area contributed by atoms with E-state index in [1.165, 1.54) is 18.2 Å². The highest BCUT2D eigenvalue weighted by atomic mass is 16.7. The third-order valence-corrected chi connectivity index (χ3v) is 5.64. The van der Waals surface area contributed by atoms with E-state index in [0.29, 0.717) is 11.1 Å². The number of carbonyl (C=O) groups is 2. The summed E-state index contributed by atoms with van der Waals surface area (Å²) in [6.07, 6.45) is -1.95. The Hall–Kier alpha value is -1.88. The topological polar surface area (TPSA) is 154 Å². The van der Waals surface area contributed by atoms with Gasteiger partial charge in [-0.25, -0.2) is 4.79 Å². The van der Waals surface area contributed by atoms with E-state index in [1.807, 2.05) is 0 Å². The van der Waals surface area contributed by atoms with Crippen LogP contribution in [0, 0.1) is 5.41 Å². The molecule has 0 spiro atoms. The Labute approximate surface area is 174 Å². The van der Waals surface area contributed by atoms with Crippen LogP contribution in [0.1, 0.15) is 34.1 Å². The lowest BCUT2D eigenvalue weighted by atomic mass is 9.64. The lowest BCUT2D eigenvalue weighted by Gasteiger charge is -2.44. The molecule has 0 aromatic carbocycles.